The van der Waals surface area contributed by atoms with Crippen molar-refractivity contribution < 1.29 is 17.7 Å². The van der Waals surface area contributed by atoms with E-state index in [4.69, 9.17) is 0 Å². The van der Waals surface area contributed by atoms with Gasteiger partial charge in [0.1, 0.15) is 0 Å². The molecule has 1 N–H and O–H groups in total. The second kappa shape index (κ2) is 7.92. The number of nitro benzene ring substituents is 1. The molecule has 8 nitrogen and oxygen atoms in total. The zero-order valence-electron chi connectivity index (χ0n) is 13.4. The van der Waals surface area contributed by atoms with E-state index >= 15 is 0 Å². The van der Waals surface area contributed by atoms with Crippen LogP contribution >= 0.6 is 12.4 Å². The first-order valence-electron chi connectivity index (χ1n) is 7.79. The molecule has 0 aliphatic carbocycles. The normalized spacial score (nSPS) is 22.5. The molecule has 2 aliphatic heterocycles. The van der Waals surface area contributed by atoms with Crippen molar-refractivity contribution in [1.82, 2.24) is 14.5 Å². The SMILES string of the molecule is Cl.O=[N+]([O-])c1c(F)cccc1S(=O)(=O)N1CCC(N2CCNCC2)C1. The van der Waals surface area contributed by atoms with Gasteiger partial charge in [-0.15, -0.1) is 12.4 Å². The lowest BCUT2D eigenvalue weighted by molar-refractivity contribution is -0.390. The topological polar surface area (TPSA) is 95.8 Å². The molecule has 1 atom stereocenters. The van der Waals surface area contributed by atoms with E-state index in [9.17, 15) is 22.9 Å². The van der Waals surface area contributed by atoms with Crippen LogP contribution in [-0.2, 0) is 10.0 Å². The van der Waals surface area contributed by atoms with Gasteiger partial charge in [0, 0.05) is 45.3 Å². The van der Waals surface area contributed by atoms with Crippen LogP contribution in [0, 0.1) is 15.9 Å². The Morgan fingerprint density at radius 2 is 1.92 bits per heavy atom. The number of nitro groups is 1. The Bertz CT molecular complexity index is 742. The number of halogens is 2. The molecule has 2 aliphatic rings. The van der Waals surface area contributed by atoms with E-state index in [0.717, 1.165) is 38.3 Å². The molecule has 2 fully saturated rings. The predicted octanol–water partition coefficient (Wildman–Crippen LogP) is 0.824. The predicted molar refractivity (Wildman–Crippen MR) is 91.9 cm³/mol. The highest BCUT2D eigenvalue weighted by atomic mass is 35.5. The molecular weight excluding hydrogens is 375 g/mol. The van der Waals surface area contributed by atoms with Gasteiger partial charge in [0.15, 0.2) is 4.90 Å². The van der Waals surface area contributed by atoms with E-state index in [0.29, 0.717) is 6.42 Å². The number of sulfonamides is 1. The van der Waals surface area contributed by atoms with Crippen molar-refractivity contribution in [2.75, 3.05) is 39.3 Å². The van der Waals surface area contributed by atoms with E-state index in [-0.39, 0.29) is 31.5 Å². The average molecular weight is 395 g/mol. The molecule has 0 bridgehead atoms. The van der Waals surface area contributed by atoms with E-state index in [2.05, 4.69) is 10.2 Å². The lowest BCUT2D eigenvalue weighted by Gasteiger charge is -2.32. The molecule has 1 unspecified atom stereocenters. The maximum atomic E-state index is 13.7. The van der Waals surface area contributed by atoms with Crippen LogP contribution in [0.2, 0.25) is 0 Å². The zero-order chi connectivity index (χ0) is 17.3. The number of benzene rings is 1. The summed E-state index contributed by atoms with van der Waals surface area (Å²) in [7, 11) is -4.10. The molecule has 0 spiro atoms. The van der Waals surface area contributed by atoms with Gasteiger partial charge in [-0.05, 0) is 18.6 Å². The Balaban J connectivity index is 0.00000225. The Morgan fingerprint density at radius 1 is 1.24 bits per heavy atom. The monoisotopic (exact) mass is 394 g/mol. The number of rotatable bonds is 4. The zero-order valence-corrected chi connectivity index (χ0v) is 15.1. The van der Waals surface area contributed by atoms with Gasteiger partial charge in [-0.1, -0.05) is 6.07 Å². The van der Waals surface area contributed by atoms with Crippen molar-refractivity contribution in [2.24, 2.45) is 0 Å². The quantitative estimate of drug-likeness (QED) is 0.600. The van der Waals surface area contributed by atoms with Gasteiger partial charge in [-0.3, -0.25) is 15.0 Å². The Hall–Kier alpha value is -1.33. The van der Waals surface area contributed by atoms with Crippen LogP contribution in [0.15, 0.2) is 23.1 Å². The van der Waals surface area contributed by atoms with Gasteiger partial charge in [-0.25, -0.2) is 8.42 Å². The number of hydrogen-bond acceptors (Lipinski definition) is 6. The third kappa shape index (κ3) is 3.93. The van der Waals surface area contributed by atoms with Crippen LogP contribution in [0.25, 0.3) is 0 Å². The highest BCUT2D eigenvalue weighted by Crippen LogP contribution is 2.31. The van der Waals surface area contributed by atoms with Crippen molar-refractivity contribution in [1.29, 1.82) is 0 Å². The van der Waals surface area contributed by atoms with Crippen molar-refractivity contribution in [3.8, 4) is 0 Å². The number of hydrogen-bond donors (Lipinski definition) is 1. The number of para-hydroxylation sites is 1. The summed E-state index contributed by atoms with van der Waals surface area (Å²) in [5.74, 6) is -1.14. The standard InChI is InChI=1S/C14H19FN4O4S.ClH/c15-12-2-1-3-13(14(12)19(20)21)24(22,23)18-7-4-11(10-18)17-8-5-16-6-9-17;/h1-3,11,16H,4-10H2;1H. The van der Waals surface area contributed by atoms with Gasteiger partial charge in [0.05, 0.1) is 4.92 Å². The summed E-state index contributed by atoms with van der Waals surface area (Å²) in [5, 5.41) is 14.3. The van der Waals surface area contributed by atoms with Crippen molar-refractivity contribution in [2.45, 2.75) is 17.4 Å². The van der Waals surface area contributed by atoms with E-state index in [1.807, 2.05) is 0 Å². The fraction of sp³-hybridized carbons (Fsp3) is 0.571. The van der Waals surface area contributed by atoms with Gasteiger partial charge >= 0.3 is 5.69 Å². The Morgan fingerprint density at radius 3 is 2.56 bits per heavy atom. The minimum atomic E-state index is -4.10. The van der Waals surface area contributed by atoms with Gasteiger partial charge in [-0.2, -0.15) is 8.70 Å². The molecule has 0 amide bonds. The summed E-state index contributed by atoms with van der Waals surface area (Å²) in [6.45, 7) is 3.97. The first kappa shape index (κ1) is 20.0. The third-order valence-corrected chi connectivity index (χ3v) is 6.44. The molecule has 2 heterocycles. The second-order valence-corrected chi connectivity index (χ2v) is 7.84. The van der Waals surface area contributed by atoms with Crippen LogP contribution in [-0.4, -0.2) is 67.9 Å². The molecule has 2 saturated heterocycles. The van der Waals surface area contributed by atoms with Crippen molar-refractivity contribution in [3.63, 3.8) is 0 Å². The van der Waals surface area contributed by atoms with Crippen LogP contribution in [0.5, 0.6) is 0 Å². The number of nitrogens with zero attached hydrogens (tertiary/aromatic N) is 3. The molecule has 0 saturated carbocycles. The van der Waals surface area contributed by atoms with Crippen LogP contribution in [0.3, 0.4) is 0 Å². The molecule has 0 radical (unpaired) electrons. The van der Waals surface area contributed by atoms with Crippen molar-refractivity contribution >= 4 is 28.1 Å². The first-order chi connectivity index (χ1) is 11.4. The van der Waals surface area contributed by atoms with E-state index in [1.165, 1.54) is 10.4 Å². The highest BCUT2D eigenvalue weighted by molar-refractivity contribution is 7.89. The van der Waals surface area contributed by atoms with E-state index in [1.54, 1.807) is 0 Å². The van der Waals surface area contributed by atoms with Crippen molar-refractivity contribution in [3.05, 3.63) is 34.1 Å². The van der Waals surface area contributed by atoms with Gasteiger partial charge in [0.25, 0.3) is 0 Å². The Kier molecular flexibility index (Phi) is 6.33. The lowest BCUT2D eigenvalue weighted by atomic mass is 10.2. The molecule has 11 heteroatoms. The van der Waals surface area contributed by atoms with Gasteiger partial charge in [0.2, 0.25) is 15.8 Å². The molecule has 1 aromatic rings. The molecule has 3 rings (SSSR count). The fourth-order valence-electron chi connectivity index (χ4n) is 3.29. The van der Waals surface area contributed by atoms with Crippen LogP contribution in [0.1, 0.15) is 6.42 Å². The third-order valence-electron chi connectivity index (χ3n) is 4.54. The maximum absolute atomic E-state index is 13.7. The first-order valence-corrected chi connectivity index (χ1v) is 9.23. The fourth-order valence-corrected chi connectivity index (χ4v) is 4.95. The average Bonchev–Trinajstić information content (AvgIpc) is 3.06. The minimum absolute atomic E-state index is 0. The molecule has 1 aromatic carbocycles. The Labute approximate surface area is 151 Å². The number of nitrogens with one attached hydrogen (secondary N) is 1. The summed E-state index contributed by atoms with van der Waals surface area (Å²) in [6, 6.07) is 3.26. The van der Waals surface area contributed by atoms with Gasteiger partial charge < -0.3 is 5.32 Å². The summed E-state index contributed by atoms with van der Waals surface area (Å²) < 4.78 is 40.5. The largest absolute Gasteiger partial charge is 0.324 e. The van der Waals surface area contributed by atoms with Crippen LogP contribution in [0.4, 0.5) is 10.1 Å². The molecule has 25 heavy (non-hydrogen) atoms. The smallest absolute Gasteiger partial charge is 0.314 e. The van der Waals surface area contributed by atoms with Crippen LogP contribution < -0.4 is 5.32 Å². The summed E-state index contributed by atoms with van der Waals surface area (Å²) in [5.41, 5.74) is -0.983. The van der Waals surface area contributed by atoms with E-state index < -0.39 is 31.3 Å². The highest BCUT2D eigenvalue weighted by Gasteiger charge is 2.39. The summed E-state index contributed by atoms with van der Waals surface area (Å²) >= 11 is 0. The molecule has 0 aromatic heterocycles. The second-order valence-electron chi connectivity index (χ2n) is 5.94. The molecular formula is C14H20ClFN4O4S. The minimum Gasteiger partial charge on any atom is -0.314 e. The number of piperazine rings is 1. The lowest BCUT2D eigenvalue weighted by Crippen LogP contribution is -2.49. The maximum Gasteiger partial charge on any atom is 0.324 e. The summed E-state index contributed by atoms with van der Waals surface area (Å²) in [6.07, 6.45) is 0.669. The molecule has 140 valence electrons. The summed E-state index contributed by atoms with van der Waals surface area (Å²) in [4.78, 5) is 11.8.